The van der Waals surface area contributed by atoms with E-state index in [4.69, 9.17) is 9.47 Å². The van der Waals surface area contributed by atoms with E-state index in [2.05, 4.69) is 38.3 Å². The Morgan fingerprint density at radius 2 is 1.93 bits per heavy atom. The zero-order valence-electron chi connectivity index (χ0n) is 15.8. The lowest BCUT2D eigenvalue weighted by molar-refractivity contribution is 0.394. The smallest absolute Gasteiger partial charge is 0.254 e. The Balaban J connectivity index is 1.53. The standard InChI is InChI=1S/C19H24N6O2/c1-4-13-7-18(25-19(23-13)20-12-21-25)22-14-5-6-24(11-14)15-8-16(26-2)10-17(9-15)27-3/h7-10,12,14,22H,4-6,11H2,1-3H3. The van der Waals surface area contributed by atoms with Gasteiger partial charge in [-0.1, -0.05) is 6.92 Å². The summed E-state index contributed by atoms with van der Waals surface area (Å²) in [5, 5.41) is 7.91. The van der Waals surface area contributed by atoms with Crippen LogP contribution in [0.15, 0.2) is 30.6 Å². The minimum Gasteiger partial charge on any atom is -0.497 e. The monoisotopic (exact) mass is 368 g/mol. The van der Waals surface area contributed by atoms with E-state index in [1.54, 1.807) is 18.7 Å². The van der Waals surface area contributed by atoms with Crippen molar-refractivity contribution in [3.63, 3.8) is 0 Å². The van der Waals surface area contributed by atoms with Crippen molar-refractivity contribution >= 4 is 17.3 Å². The molecule has 0 radical (unpaired) electrons. The third kappa shape index (κ3) is 3.47. The van der Waals surface area contributed by atoms with Crippen molar-refractivity contribution in [3.8, 4) is 11.5 Å². The average Bonchev–Trinajstić information content (AvgIpc) is 3.36. The average molecular weight is 368 g/mol. The van der Waals surface area contributed by atoms with Gasteiger partial charge in [-0.15, -0.1) is 0 Å². The highest BCUT2D eigenvalue weighted by atomic mass is 16.5. The molecule has 1 atom stereocenters. The van der Waals surface area contributed by atoms with Crippen LogP contribution < -0.4 is 19.7 Å². The Labute approximate surface area is 158 Å². The third-order valence-corrected chi connectivity index (χ3v) is 4.91. The molecular weight excluding hydrogens is 344 g/mol. The van der Waals surface area contributed by atoms with Gasteiger partial charge in [0, 0.05) is 54.8 Å². The van der Waals surface area contributed by atoms with Gasteiger partial charge < -0.3 is 19.7 Å². The Kier molecular flexibility index (Phi) is 4.70. The number of ether oxygens (including phenoxy) is 2. The number of benzene rings is 1. The number of hydrogen-bond donors (Lipinski definition) is 1. The molecule has 0 spiro atoms. The van der Waals surface area contributed by atoms with Crippen LogP contribution in [0.1, 0.15) is 19.0 Å². The van der Waals surface area contributed by atoms with Crippen molar-refractivity contribution in [3.05, 3.63) is 36.3 Å². The van der Waals surface area contributed by atoms with E-state index >= 15 is 0 Å². The summed E-state index contributed by atoms with van der Waals surface area (Å²) >= 11 is 0. The second-order valence-electron chi connectivity index (χ2n) is 6.60. The van der Waals surface area contributed by atoms with E-state index in [-0.39, 0.29) is 0 Å². The first-order valence-corrected chi connectivity index (χ1v) is 9.14. The minimum absolute atomic E-state index is 0.307. The van der Waals surface area contributed by atoms with Gasteiger partial charge in [0.25, 0.3) is 5.78 Å². The Morgan fingerprint density at radius 1 is 1.15 bits per heavy atom. The number of rotatable bonds is 6. The first-order valence-electron chi connectivity index (χ1n) is 9.14. The highest BCUT2D eigenvalue weighted by molar-refractivity contribution is 5.57. The van der Waals surface area contributed by atoms with Crippen molar-refractivity contribution in [1.82, 2.24) is 19.6 Å². The van der Waals surface area contributed by atoms with Crippen molar-refractivity contribution in [2.24, 2.45) is 0 Å². The molecule has 4 rings (SSSR count). The third-order valence-electron chi connectivity index (χ3n) is 4.91. The SMILES string of the molecule is CCc1cc(NC2CCN(c3cc(OC)cc(OC)c3)C2)n2ncnc2n1. The molecule has 8 heteroatoms. The number of aryl methyl sites for hydroxylation is 1. The number of anilines is 2. The summed E-state index contributed by atoms with van der Waals surface area (Å²) in [5.41, 5.74) is 2.11. The quantitative estimate of drug-likeness (QED) is 0.716. The molecule has 3 heterocycles. The number of nitrogens with one attached hydrogen (secondary N) is 1. The van der Waals surface area contributed by atoms with E-state index in [0.717, 1.165) is 54.6 Å². The summed E-state index contributed by atoms with van der Waals surface area (Å²) in [6, 6.07) is 8.34. The zero-order valence-corrected chi connectivity index (χ0v) is 15.8. The van der Waals surface area contributed by atoms with Crippen LogP contribution in [-0.4, -0.2) is 52.9 Å². The predicted octanol–water partition coefficient (Wildman–Crippen LogP) is 2.39. The summed E-state index contributed by atoms with van der Waals surface area (Å²) in [6.45, 7) is 3.93. The molecule has 142 valence electrons. The van der Waals surface area contributed by atoms with Gasteiger partial charge in [0.05, 0.1) is 14.2 Å². The van der Waals surface area contributed by atoms with Crippen LogP contribution in [0.2, 0.25) is 0 Å². The van der Waals surface area contributed by atoms with Gasteiger partial charge in [-0.2, -0.15) is 14.6 Å². The molecule has 0 bridgehead atoms. The first kappa shape index (κ1) is 17.4. The molecule has 2 aromatic heterocycles. The van der Waals surface area contributed by atoms with Gasteiger partial charge in [0.1, 0.15) is 23.6 Å². The van der Waals surface area contributed by atoms with Gasteiger partial charge in [0.15, 0.2) is 0 Å². The fourth-order valence-electron chi connectivity index (χ4n) is 3.44. The van der Waals surface area contributed by atoms with Crippen LogP contribution in [0.3, 0.4) is 0 Å². The molecule has 1 unspecified atom stereocenters. The maximum absolute atomic E-state index is 5.40. The van der Waals surface area contributed by atoms with Gasteiger partial charge >= 0.3 is 0 Å². The van der Waals surface area contributed by atoms with Crippen LogP contribution in [0.5, 0.6) is 11.5 Å². The molecular formula is C19H24N6O2. The maximum atomic E-state index is 5.40. The number of methoxy groups -OCH3 is 2. The fourth-order valence-corrected chi connectivity index (χ4v) is 3.44. The van der Waals surface area contributed by atoms with Gasteiger partial charge in [-0.25, -0.2) is 4.98 Å². The van der Waals surface area contributed by atoms with Crippen molar-refractivity contribution in [1.29, 1.82) is 0 Å². The summed E-state index contributed by atoms with van der Waals surface area (Å²) in [5.74, 6) is 3.16. The largest absolute Gasteiger partial charge is 0.497 e. The molecule has 1 saturated heterocycles. The van der Waals surface area contributed by atoms with Crippen LogP contribution in [0.25, 0.3) is 5.78 Å². The van der Waals surface area contributed by atoms with E-state index in [9.17, 15) is 0 Å². The molecule has 0 aliphatic carbocycles. The van der Waals surface area contributed by atoms with Crippen molar-refractivity contribution in [2.45, 2.75) is 25.8 Å². The summed E-state index contributed by atoms with van der Waals surface area (Å²) < 4.78 is 12.6. The lowest BCUT2D eigenvalue weighted by Crippen LogP contribution is -2.27. The van der Waals surface area contributed by atoms with Crippen LogP contribution in [0, 0.1) is 0 Å². The molecule has 1 N–H and O–H groups in total. The van der Waals surface area contributed by atoms with E-state index in [0.29, 0.717) is 11.8 Å². The summed E-state index contributed by atoms with van der Waals surface area (Å²) in [6.07, 6.45) is 3.42. The number of aromatic nitrogens is 4. The van der Waals surface area contributed by atoms with Crippen LogP contribution in [0.4, 0.5) is 11.5 Å². The highest BCUT2D eigenvalue weighted by Crippen LogP contribution is 2.31. The molecule has 0 saturated carbocycles. The fraction of sp³-hybridized carbons (Fsp3) is 0.421. The second kappa shape index (κ2) is 7.30. The zero-order chi connectivity index (χ0) is 18.8. The van der Waals surface area contributed by atoms with Crippen molar-refractivity contribution in [2.75, 3.05) is 37.5 Å². The minimum atomic E-state index is 0.307. The molecule has 0 amide bonds. The molecule has 1 aliphatic heterocycles. The van der Waals surface area contributed by atoms with E-state index in [1.165, 1.54) is 6.33 Å². The first-order chi connectivity index (χ1) is 13.2. The Hall–Kier alpha value is -3.03. The van der Waals surface area contributed by atoms with E-state index in [1.807, 2.05) is 18.2 Å². The number of fused-ring (bicyclic) bond motifs is 1. The predicted molar refractivity (Wildman–Crippen MR) is 104 cm³/mol. The maximum Gasteiger partial charge on any atom is 0.254 e. The molecule has 3 aromatic rings. The molecule has 8 nitrogen and oxygen atoms in total. The van der Waals surface area contributed by atoms with Gasteiger partial charge in [-0.3, -0.25) is 0 Å². The molecule has 1 aliphatic rings. The summed E-state index contributed by atoms with van der Waals surface area (Å²) in [4.78, 5) is 11.1. The van der Waals surface area contributed by atoms with E-state index < -0.39 is 0 Å². The highest BCUT2D eigenvalue weighted by Gasteiger charge is 2.24. The number of nitrogens with zero attached hydrogens (tertiary/aromatic N) is 5. The molecule has 1 aromatic carbocycles. The molecule has 1 fully saturated rings. The summed E-state index contributed by atoms with van der Waals surface area (Å²) in [7, 11) is 3.34. The topological polar surface area (TPSA) is 76.8 Å². The lowest BCUT2D eigenvalue weighted by atomic mass is 10.2. The number of hydrogen-bond acceptors (Lipinski definition) is 7. The molecule has 27 heavy (non-hydrogen) atoms. The van der Waals surface area contributed by atoms with Gasteiger partial charge in [-0.05, 0) is 12.8 Å². The lowest BCUT2D eigenvalue weighted by Gasteiger charge is -2.21. The van der Waals surface area contributed by atoms with Crippen LogP contribution in [-0.2, 0) is 6.42 Å². The Bertz CT molecular complexity index is 919. The second-order valence-corrected chi connectivity index (χ2v) is 6.60. The van der Waals surface area contributed by atoms with Crippen LogP contribution >= 0.6 is 0 Å². The Morgan fingerprint density at radius 3 is 2.63 bits per heavy atom. The normalized spacial score (nSPS) is 16.7. The van der Waals surface area contributed by atoms with Crippen molar-refractivity contribution < 1.29 is 9.47 Å². The van der Waals surface area contributed by atoms with Gasteiger partial charge in [0.2, 0.25) is 0 Å².